The summed E-state index contributed by atoms with van der Waals surface area (Å²) in [7, 11) is 0. The summed E-state index contributed by atoms with van der Waals surface area (Å²) in [6.07, 6.45) is 2.59. The number of hydrogen-bond donors (Lipinski definition) is 1. The summed E-state index contributed by atoms with van der Waals surface area (Å²) < 4.78 is 1.93. The van der Waals surface area contributed by atoms with Crippen LogP contribution in [0, 0.1) is 0 Å². The van der Waals surface area contributed by atoms with E-state index in [1.54, 1.807) is 6.21 Å². The lowest BCUT2D eigenvalue weighted by Gasteiger charge is -2.10. The molecular formula is C25H22ClN5OS. The molecule has 0 radical (unpaired) electrons. The summed E-state index contributed by atoms with van der Waals surface area (Å²) >= 11 is 7.34. The minimum absolute atomic E-state index is 0.151. The van der Waals surface area contributed by atoms with Crippen molar-refractivity contribution < 1.29 is 4.79 Å². The van der Waals surface area contributed by atoms with Gasteiger partial charge in [-0.1, -0.05) is 72.8 Å². The first-order valence-electron chi connectivity index (χ1n) is 10.4. The third-order valence-corrected chi connectivity index (χ3v) is 6.03. The van der Waals surface area contributed by atoms with Crippen LogP contribution in [-0.4, -0.2) is 32.6 Å². The summed E-state index contributed by atoms with van der Waals surface area (Å²) in [6, 6.07) is 25.3. The molecule has 166 valence electrons. The zero-order valence-corrected chi connectivity index (χ0v) is 19.6. The predicted molar refractivity (Wildman–Crippen MR) is 134 cm³/mol. The van der Waals surface area contributed by atoms with E-state index in [2.05, 4.69) is 33.7 Å². The predicted octanol–water partition coefficient (Wildman–Crippen LogP) is 5.39. The van der Waals surface area contributed by atoms with Crippen molar-refractivity contribution in [2.75, 3.05) is 5.75 Å². The molecule has 0 atom stereocenters. The number of benzene rings is 3. The maximum Gasteiger partial charge on any atom is 0.250 e. The molecule has 0 aliphatic rings. The second kappa shape index (κ2) is 10.9. The van der Waals surface area contributed by atoms with Gasteiger partial charge < -0.3 is 0 Å². The van der Waals surface area contributed by atoms with Gasteiger partial charge in [0.05, 0.1) is 12.0 Å². The van der Waals surface area contributed by atoms with Gasteiger partial charge >= 0.3 is 0 Å². The van der Waals surface area contributed by atoms with Crippen LogP contribution in [0.2, 0.25) is 5.02 Å². The Balaban J connectivity index is 1.48. The van der Waals surface area contributed by atoms with E-state index >= 15 is 0 Å². The molecule has 0 bridgehead atoms. The fraction of sp³-hybridized carbons (Fsp3) is 0.120. The summed E-state index contributed by atoms with van der Waals surface area (Å²) in [5.74, 6) is 0.603. The lowest BCUT2D eigenvalue weighted by Crippen LogP contribution is -2.20. The van der Waals surface area contributed by atoms with Gasteiger partial charge in [0.2, 0.25) is 0 Å². The minimum Gasteiger partial charge on any atom is -0.272 e. The van der Waals surface area contributed by atoms with E-state index in [0.29, 0.717) is 16.0 Å². The Bertz CT molecular complexity index is 1260. The average molecular weight is 476 g/mol. The molecule has 3 aromatic carbocycles. The number of hydrazone groups is 1. The number of carbonyl (C=O) groups is 1. The van der Waals surface area contributed by atoms with Crippen LogP contribution in [0.1, 0.15) is 18.1 Å². The monoisotopic (exact) mass is 475 g/mol. The van der Waals surface area contributed by atoms with Crippen molar-refractivity contribution >= 4 is 35.5 Å². The second-order valence-corrected chi connectivity index (χ2v) is 8.54. The lowest BCUT2D eigenvalue weighted by molar-refractivity contribution is -0.118. The number of amides is 1. The van der Waals surface area contributed by atoms with Gasteiger partial charge in [0.15, 0.2) is 11.0 Å². The van der Waals surface area contributed by atoms with Crippen LogP contribution in [0.5, 0.6) is 0 Å². The normalized spacial score (nSPS) is 11.1. The third-order valence-electron chi connectivity index (χ3n) is 4.84. The highest BCUT2D eigenvalue weighted by molar-refractivity contribution is 7.99. The summed E-state index contributed by atoms with van der Waals surface area (Å²) in [5, 5.41) is 14.1. The summed E-state index contributed by atoms with van der Waals surface area (Å²) in [6.45, 7) is 2.10. The standard InChI is InChI=1S/C25H22ClN5OS/c1-2-18-7-6-8-19(15-18)16-27-28-23(32)17-33-25-30-29-24(20-11-13-21(26)14-12-20)31(25)22-9-4-3-5-10-22/h3-16H,2,17H2,1H3,(H,28,32)/b27-16-. The van der Waals surface area contributed by atoms with Gasteiger partial charge in [-0.25, -0.2) is 5.43 Å². The van der Waals surface area contributed by atoms with Crippen molar-refractivity contribution in [2.24, 2.45) is 5.10 Å². The van der Waals surface area contributed by atoms with Gasteiger partial charge in [-0.15, -0.1) is 10.2 Å². The highest BCUT2D eigenvalue weighted by Gasteiger charge is 2.17. The van der Waals surface area contributed by atoms with Gasteiger partial charge in [0, 0.05) is 16.3 Å². The Morgan fingerprint density at radius 3 is 2.61 bits per heavy atom. The minimum atomic E-state index is -0.224. The van der Waals surface area contributed by atoms with Crippen LogP contribution in [0.4, 0.5) is 0 Å². The van der Waals surface area contributed by atoms with Crippen LogP contribution in [0.25, 0.3) is 17.1 Å². The Labute approximate surface area is 201 Å². The number of carbonyl (C=O) groups excluding carboxylic acids is 1. The van der Waals surface area contributed by atoms with Crippen molar-refractivity contribution in [1.29, 1.82) is 0 Å². The number of aryl methyl sites for hydroxylation is 1. The summed E-state index contributed by atoms with van der Waals surface area (Å²) in [5.41, 5.74) is 6.53. The highest BCUT2D eigenvalue weighted by atomic mass is 35.5. The fourth-order valence-electron chi connectivity index (χ4n) is 3.19. The number of aromatic nitrogens is 3. The smallest absolute Gasteiger partial charge is 0.250 e. The molecule has 1 amide bonds. The average Bonchev–Trinajstić information content (AvgIpc) is 3.28. The van der Waals surface area contributed by atoms with Crippen LogP contribution < -0.4 is 5.43 Å². The van der Waals surface area contributed by atoms with E-state index < -0.39 is 0 Å². The van der Waals surface area contributed by atoms with Gasteiger partial charge in [0.25, 0.3) is 5.91 Å². The molecule has 1 aromatic heterocycles. The molecule has 0 aliphatic heterocycles. The second-order valence-electron chi connectivity index (χ2n) is 7.16. The largest absolute Gasteiger partial charge is 0.272 e. The molecule has 6 nitrogen and oxygen atoms in total. The SMILES string of the molecule is CCc1cccc(/C=N\NC(=O)CSc2nnc(-c3ccc(Cl)cc3)n2-c2ccccc2)c1. The zero-order chi connectivity index (χ0) is 23.0. The van der Waals surface area contributed by atoms with E-state index in [-0.39, 0.29) is 11.7 Å². The van der Waals surface area contributed by atoms with E-state index in [9.17, 15) is 4.79 Å². The quantitative estimate of drug-likeness (QED) is 0.210. The first-order valence-corrected chi connectivity index (χ1v) is 11.8. The molecule has 0 aliphatic carbocycles. The molecule has 1 N–H and O–H groups in total. The molecule has 0 unspecified atom stereocenters. The Hall–Kier alpha value is -3.42. The maximum atomic E-state index is 12.4. The van der Waals surface area contributed by atoms with Crippen LogP contribution in [0.3, 0.4) is 0 Å². The number of nitrogens with one attached hydrogen (secondary N) is 1. The Kier molecular flexibility index (Phi) is 7.55. The van der Waals surface area contributed by atoms with E-state index in [1.165, 1.54) is 17.3 Å². The van der Waals surface area contributed by atoms with E-state index in [1.807, 2.05) is 77.4 Å². The molecule has 8 heteroatoms. The molecule has 0 saturated carbocycles. The zero-order valence-electron chi connectivity index (χ0n) is 18.0. The fourth-order valence-corrected chi connectivity index (χ4v) is 4.06. The third kappa shape index (κ3) is 5.88. The number of nitrogens with zero attached hydrogens (tertiary/aromatic N) is 4. The van der Waals surface area contributed by atoms with Crippen molar-refractivity contribution in [3.63, 3.8) is 0 Å². The molecule has 0 saturated heterocycles. The molecular weight excluding hydrogens is 454 g/mol. The molecule has 4 aromatic rings. The molecule has 1 heterocycles. The van der Waals surface area contributed by atoms with Crippen molar-refractivity contribution in [2.45, 2.75) is 18.5 Å². The van der Waals surface area contributed by atoms with Gasteiger partial charge in [-0.05, 0) is 53.9 Å². The topological polar surface area (TPSA) is 72.2 Å². The van der Waals surface area contributed by atoms with Crippen LogP contribution in [0.15, 0.2) is 89.1 Å². The molecule has 4 rings (SSSR count). The number of thioether (sulfide) groups is 1. The number of para-hydroxylation sites is 1. The van der Waals surface area contributed by atoms with Gasteiger partial charge in [-0.2, -0.15) is 5.10 Å². The molecule has 33 heavy (non-hydrogen) atoms. The van der Waals surface area contributed by atoms with E-state index in [0.717, 1.165) is 23.2 Å². The lowest BCUT2D eigenvalue weighted by atomic mass is 10.1. The Morgan fingerprint density at radius 2 is 1.85 bits per heavy atom. The molecule has 0 fully saturated rings. The van der Waals surface area contributed by atoms with Crippen LogP contribution >= 0.6 is 23.4 Å². The summed E-state index contributed by atoms with van der Waals surface area (Å²) in [4.78, 5) is 12.4. The maximum absolute atomic E-state index is 12.4. The Morgan fingerprint density at radius 1 is 1.06 bits per heavy atom. The first kappa shape index (κ1) is 22.8. The van der Waals surface area contributed by atoms with Crippen molar-refractivity contribution in [1.82, 2.24) is 20.2 Å². The van der Waals surface area contributed by atoms with Crippen molar-refractivity contribution in [3.8, 4) is 17.1 Å². The number of rotatable bonds is 8. The van der Waals surface area contributed by atoms with E-state index in [4.69, 9.17) is 11.6 Å². The first-order chi connectivity index (χ1) is 16.1. The van der Waals surface area contributed by atoms with Gasteiger partial charge in [-0.3, -0.25) is 9.36 Å². The highest BCUT2D eigenvalue weighted by Crippen LogP contribution is 2.28. The van der Waals surface area contributed by atoms with Gasteiger partial charge in [0.1, 0.15) is 0 Å². The van der Waals surface area contributed by atoms with Crippen LogP contribution in [-0.2, 0) is 11.2 Å². The molecule has 0 spiro atoms. The van der Waals surface area contributed by atoms with Crippen molar-refractivity contribution in [3.05, 3.63) is 95.0 Å². The number of hydrogen-bond acceptors (Lipinski definition) is 5. The number of halogens is 1.